The highest BCUT2D eigenvalue weighted by molar-refractivity contribution is 5.74. The predicted octanol–water partition coefficient (Wildman–Crippen LogP) is 0.759. The summed E-state index contributed by atoms with van der Waals surface area (Å²) in [5.74, 6) is 0.628. The molecule has 104 valence electrons. The Morgan fingerprint density at radius 3 is 3.06 bits per heavy atom. The smallest absolute Gasteiger partial charge is 0.319 e. The molecule has 5 heteroatoms. The molecule has 0 aromatic rings. The van der Waals surface area contributed by atoms with E-state index in [1.165, 1.54) is 6.42 Å². The van der Waals surface area contributed by atoms with Crippen LogP contribution in [0.3, 0.4) is 0 Å². The Bertz CT molecular complexity index is 279. The molecule has 0 spiro atoms. The lowest BCUT2D eigenvalue weighted by Gasteiger charge is -2.35. The number of amides is 2. The fourth-order valence-corrected chi connectivity index (χ4v) is 2.73. The summed E-state index contributed by atoms with van der Waals surface area (Å²) < 4.78 is 5.63. The van der Waals surface area contributed by atoms with Gasteiger partial charge in [0.15, 0.2) is 0 Å². The molecule has 0 aliphatic carbocycles. The summed E-state index contributed by atoms with van der Waals surface area (Å²) in [7, 11) is 1.87. The van der Waals surface area contributed by atoms with E-state index < -0.39 is 0 Å². The summed E-state index contributed by atoms with van der Waals surface area (Å²) in [6, 6.07) is 0.149. The molecule has 2 saturated heterocycles. The number of likely N-dealkylation sites (tertiary alicyclic amines) is 1. The molecule has 2 amide bonds. The van der Waals surface area contributed by atoms with Gasteiger partial charge in [-0.1, -0.05) is 6.92 Å². The van der Waals surface area contributed by atoms with Crippen molar-refractivity contribution < 1.29 is 9.53 Å². The fourth-order valence-electron chi connectivity index (χ4n) is 2.73. The number of likely N-dealkylation sites (N-methyl/N-ethyl adjacent to an activating group) is 1. The minimum Gasteiger partial charge on any atom is -0.374 e. The number of hydrogen-bond acceptors (Lipinski definition) is 3. The van der Waals surface area contributed by atoms with Crippen molar-refractivity contribution in [2.45, 2.75) is 25.9 Å². The Morgan fingerprint density at radius 1 is 1.56 bits per heavy atom. The van der Waals surface area contributed by atoms with Gasteiger partial charge in [-0.3, -0.25) is 0 Å². The van der Waals surface area contributed by atoms with E-state index in [0.717, 1.165) is 39.2 Å². The highest BCUT2D eigenvalue weighted by Gasteiger charge is 2.25. The van der Waals surface area contributed by atoms with Crippen LogP contribution in [0.15, 0.2) is 0 Å². The van der Waals surface area contributed by atoms with Crippen LogP contribution in [0.2, 0.25) is 0 Å². The number of carbonyl (C=O) groups is 1. The van der Waals surface area contributed by atoms with E-state index in [4.69, 9.17) is 4.74 Å². The van der Waals surface area contributed by atoms with Crippen LogP contribution in [-0.2, 0) is 4.74 Å². The zero-order valence-corrected chi connectivity index (χ0v) is 11.5. The molecule has 2 aliphatic rings. The molecule has 1 N–H and O–H groups in total. The van der Waals surface area contributed by atoms with E-state index in [2.05, 4.69) is 12.2 Å². The molecule has 2 fully saturated rings. The molecule has 0 radical (unpaired) electrons. The van der Waals surface area contributed by atoms with E-state index in [1.54, 1.807) is 4.90 Å². The molecule has 5 nitrogen and oxygen atoms in total. The van der Waals surface area contributed by atoms with Crippen molar-refractivity contribution in [3.05, 3.63) is 0 Å². The molecule has 18 heavy (non-hydrogen) atoms. The van der Waals surface area contributed by atoms with Gasteiger partial charge in [0.25, 0.3) is 0 Å². The van der Waals surface area contributed by atoms with Crippen LogP contribution in [-0.4, -0.2) is 68.3 Å². The molecule has 2 aliphatic heterocycles. The molecule has 2 atom stereocenters. The molecule has 0 aromatic carbocycles. The normalized spacial score (nSPS) is 29.1. The molecular weight excluding hydrogens is 230 g/mol. The van der Waals surface area contributed by atoms with Gasteiger partial charge in [0.05, 0.1) is 12.7 Å². The third-order valence-corrected chi connectivity index (χ3v) is 3.74. The highest BCUT2D eigenvalue weighted by atomic mass is 16.5. The predicted molar refractivity (Wildman–Crippen MR) is 70.6 cm³/mol. The summed E-state index contributed by atoms with van der Waals surface area (Å²) in [4.78, 5) is 16.1. The third kappa shape index (κ3) is 3.59. The lowest BCUT2D eigenvalue weighted by atomic mass is 10.0. The molecule has 0 saturated carbocycles. The largest absolute Gasteiger partial charge is 0.374 e. The number of piperidine rings is 1. The van der Waals surface area contributed by atoms with E-state index in [-0.39, 0.29) is 12.1 Å². The first kappa shape index (κ1) is 13.6. The van der Waals surface area contributed by atoms with Gasteiger partial charge in [0.1, 0.15) is 0 Å². The first-order chi connectivity index (χ1) is 8.66. The van der Waals surface area contributed by atoms with Crippen molar-refractivity contribution in [2.75, 3.05) is 46.4 Å². The summed E-state index contributed by atoms with van der Waals surface area (Å²) in [5.41, 5.74) is 0. The van der Waals surface area contributed by atoms with Crippen molar-refractivity contribution in [3.8, 4) is 0 Å². The number of ether oxygens (including phenoxy) is 1. The number of nitrogens with one attached hydrogen (secondary N) is 1. The van der Waals surface area contributed by atoms with Gasteiger partial charge < -0.3 is 19.9 Å². The zero-order valence-electron chi connectivity index (χ0n) is 11.5. The van der Waals surface area contributed by atoms with Crippen LogP contribution in [0.4, 0.5) is 4.79 Å². The van der Waals surface area contributed by atoms with Crippen LogP contribution in [0.25, 0.3) is 0 Å². The zero-order chi connectivity index (χ0) is 13.0. The number of urea groups is 1. The average molecular weight is 255 g/mol. The summed E-state index contributed by atoms with van der Waals surface area (Å²) in [5, 5.41) is 3.29. The van der Waals surface area contributed by atoms with Crippen molar-refractivity contribution >= 4 is 6.03 Å². The van der Waals surface area contributed by atoms with E-state index in [9.17, 15) is 4.79 Å². The Hall–Kier alpha value is -0.810. The van der Waals surface area contributed by atoms with Crippen LogP contribution in [0, 0.1) is 5.92 Å². The lowest BCUT2D eigenvalue weighted by Crippen LogP contribution is -2.50. The Balaban J connectivity index is 1.79. The molecule has 0 aromatic heterocycles. The van der Waals surface area contributed by atoms with Crippen molar-refractivity contribution in [1.29, 1.82) is 0 Å². The van der Waals surface area contributed by atoms with Crippen LogP contribution in [0.1, 0.15) is 19.8 Å². The van der Waals surface area contributed by atoms with Gasteiger partial charge in [-0.2, -0.15) is 0 Å². The van der Waals surface area contributed by atoms with Gasteiger partial charge >= 0.3 is 6.03 Å². The van der Waals surface area contributed by atoms with Crippen molar-refractivity contribution in [3.63, 3.8) is 0 Å². The summed E-state index contributed by atoms with van der Waals surface area (Å²) in [6.07, 6.45) is 2.50. The second kappa shape index (κ2) is 6.38. The highest BCUT2D eigenvalue weighted by Crippen LogP contribution is 2.16. The second-order valence-electron chi connectivity index (χ2n) is 5.55. The summed E-state index contributed by atoms with van der Waals surface area (Å²) in [6.45, 7) is 7.19. The minimum atomic E-state index is 0.134. The van der Waals surface area contributed by atoms with Crippen LogP contribution < -0.4 is 5.32 Å². The number of rotatable bonds is 2. The Kier molecular flexibility index (Phi) is 4.83. The van der Waals surface area contributed by atoms with Crippen LogP contribution in [0.5, 0.6) is 0 Å². The Labute approximate surface area is 109 Å². The topological polar surface area (TPSA) is 44.8 Å². The maximum Gasteiger partial charge on any atom is 0.319 e. The third-order valence-electron chi connectivity index (χ3n) is 3.74. The van der Waals surface area contributed by atoms with Gasteiger partial charge in [-0.15, -0.1) is 0 Å². The molecular formula is C13H25N3O2. The standard InChI is InChI=1S/C13H25N3O2/c1-11-4-3-6-16(9-11)13(17)15(2)10-12-8-14-5-7-18-12/h11-12,14H,3-10H2,1-2H3. The van der Waals surface area contributed by atoms with Crippen LogP contribution >= 0.6 is 0 Å². The Morgan fingerprint density at radius 2 is 2.39 bits per heavy atom. The first-order valence-corrected chi connectivity index (χ1v) is 6.99. The molecule has 2 rings (SSSR count). The van der Waals surface area contributed by atoms with Gasteiger partial charge in [-0.25, -0.2) is 4.79 Å². The van der Waals surface area contributed by atoms with Gasteiger partial charge in [0, 0.05) is 39.8 Å². The monoisotopic (exact) mass is 255 g/mol. The van der Waals surface area contributed by atoms with Gasteiger partial charge in [-0.05, 0) is 18.8 Å². The quantitative estimate of drug-likeness (QED) is 0.792. The number of hydrogen-bond donors (Lipinski definition) is 1. The maximum atomic E-state index is 12.3. The molecule has 0 bridgehead atoms. The SMILES string of the molecule is CC1CCCN(C(=O)N(C)CC2CNCCO2)C1. The number of nitrogens with zero attached hydrogens (tertiary/aromatic N) is 2. The number of carbonyl (C=O) groups excluding carboxylic acids is 1. The van der Waals surface area contributed by atoms with Crippen molar-refractivity contribution in [1.82, 2.24) is 15.1 Å². The lowest BCUT2D eigenvalue weighted by molar-refractivity contribution is 0.0121. The van der Waals surface area contributed by atoms with E-state index in [1.807, 2.05) is 11.9 Å². The van der Waals surface area contributed by atoms with E-state index >= 15 is 0 Å². The fraction of sp³-hybridized carbons (Fsp3) is 0.923. The van der Waals surface area contributed by atoms with Crippen molar-refractivity contribution in [2.24, 2.45) is 5.92 Å². The maximum absolute atomic E-state index is 12.3. The summed E-state index contributed by atoms with van der Waals surface area (Å²) >= 11 is 0. The first-order valence-electron chi connectivity index (χ1n) is 6.99. The van der Waals surface area contributed by atoms with Gasteiger partial charge in [0.2, 0.25) is 0 Å². The minimum absolute atomic E-state index is 0.134. The van der Waals surface area contributed by atoms with E-state index in [0.29, 0.717) is 12.5 Å². The molecule has 2 unspecified atom stereocenters. The molecule has 2 heterocycles. The average Bonchev–Trinajstić information content (AvgIpc) is 2.39. The second-order valence-corrected chi connectivity index (χ2v) is 5.55. The number of morpholine rings is 1.